The quantitative estimate of drug-likeness (QED) is 0.642. The van der Waals surface area contributed by atoms with Crippen molar-refractivity contribution in [3.63, 3.8) is 0 Å². The summed E-state index contributed by atoms with van der Waals surface area (Å²) in [5, 5.41) is 7.79. The van der Waals surface area contributed by atoms with Crippen LogP contribution in [-0.4, -0.2) is 33.9 Å². The van der Waals surface area contributed by atoms with Gasteiger partial charge in [-0.1, -0.05) is 0 Å². The van der Waals surface area contributed by atoms with E-state index in [1.807, 2.05) is 17.8 Å². The van der Waals surface area contributed by atoms with Crippen molar-refractivity contribution >= 4 is 11.8 Å². The normalized spacial score (nSPS) is 32.6. The number of ether oxygens (including phenoxy) is 1. The molecule has 0 radical (unpaired) electrons. The minimum atomic E-state index is 0.0865. The third kappa shape index (κ3) is 2.76. The molecule has 0 aromatic carbocycles. The fourth-order valence-corrected chi connectivity index (χ4v) is 4.58. The highest BCUT2D eigenvalue weighted by Gasteiger charge is 2.42. The van der Waals surface area contributed by atoms with Crippen LogP contribution in [0.3, 0.4) is 0 Å². The monoisotopic (exact) mass is 280 g/mol. The van der Waals surface area contributed by atoms with Gasteiger partial charge in [-0.2, -0.15) is 22.0 Å². The first-order chi connectivity index (χ1) is 9.33. The Kier molecular flexibility index (Phi) is 4.02. The molecular formula is C13H20N4OS. The van der Waals surface area contributed by atoms with Crippen molar-refractivity contribution in [1.82, 2.24) is 15.6 Å². The molecule has 2 aliphatic rings. The molecular weight excluding hydrogens is 260 g/mol. The van der Waals surface area contributed by atoms with Crippen LogP contribution in [0.25, 0.3) is 0 Å². The largest absolute Gasteiger partial charge is 0.374 e. The van der Waals surface area contributed by atoms with Crippen molar-refractivity contribution in [2.24, 2.45) is 11.8 Å². The van der Waals surface area contributed by atoms with E-state index >= 15 is 0 Å². The number of aromatic nitrogens is 2. The zero-order valence-electron chi connectivity index (χ0n) is 10.9. The van der Waals surface area contributed by atoms with Crippen molar-refractivity contribution in [3.05, 3.63) is 24.0 Å². The molecule has 3 atom stereocenters. The summed E-state index contributed by atoms with van der Waals surface area (Å²) in [7, 11) is 0. The Bertz CT molecular complexity index is 410. The highest BCUT2D eigenvalue weighted by atomic mass is 32.2. The average molecular weight is 280 g/mol. The van der Waals surface area contributed by atoms with Crippen LogP contribution in [0.1, 0.15) is 30.9 Å². The number of hydrogen-bond donors (Lipinski definition) is 2. The molecule has 3 heterocycles. The lowest BCUT2D eigenvalue weighted by molar-refractivity contribution is -0.0854. The Labute approximate surface area is 117 Å². The topological polar surface area (TPSA) is 73.1 Å². The lowest BCUT2D eigenvalue weighted by atomic mass is 9.79. The lowest BCUT2D eigenvalue weighted by Gasteiger charge is -2.40. The Morgan fingerprint density at radius 2 is 2.47 bits per heavy atom. The number of nitrogens with zero attached hydrogens (tertiary/aromatic N) is 2. The Morgan fingerprint density at radius 1 is 1.53 bits per heavy atom. The maximum atomic E-state index is 6.07. The lowest BCUT2D eigenvalue weighted by Crippen LogP contribution is -2.45. The fourth-order valence-electron chi connectivity index (χ4n) is 3.20. The molecule has 0 saturated carbocycles. The number of nitrogens with one attached hydrogen (secondary N) is 1. The summed E-state index contributed by atoms with van der Waals surface area (Å²) >= 11 is 2.00. The minimum Gasteiger partial charge on any atom is -0.374 e. The molecule has 3 N–H and O–H groups in total. The van der Waals surface area contributed by atoms with Crippen LogP contribution in [0.4, 0.5) is 0 Å². The molecule has 6 heteroatoms. The summed E-state index contributed by atoms with van der Waals surface area (Å²) < 4.78 is 6.07. The fraction of sp³-hybridized carbons (Fsp3) is 0.692. The summed E-state index contributed by atoms with van der Waals surface area (Å²) in [6.45, 7) is 0.835. The second kappa shape index (κ2) is 5.75. The van der Waals surface area contributed by atoms with Crippen LogP contribution in [0.2, 0.25) is 0 Å². The van der Waals surface area contributed by atoms with E-state index in [-0.39, 0.29) is 11.6 Å². The summed E-state index contributed by atoms with van der Waals surface area (Å²) in [4.78, 5) is 0. The van der Waals surface area contributed by atoms with E-state index in [4.69, 9.17) is 10.6 Å². The average Bonchev–Trinajstić information content (AvgIpc) is 2.89. The maximum absolute atomic E-state index is 6.07. The van der Waals surface area contributed by atoms with Gasteiger partial charge in [-0.15, -0.1) is 0 Å². The Balaban J connectivity index is 1.76. The van der Waals surface area contributed by atoms with Gasteiger partial charge in [0.25, 0.3) is 0 Å². The molecule has 5 nitrogen and oxygen atoms in total. The molecule has 1 spiro atoms. The minimum absolute atomic E-state index is 0.0865. The molecule has 0 aliphatic carbocycles. The smallest absolute Gasteiger partial charge is 0.0783 e. The van der Waals surface area contributed by atoms with Crippen molar-refractivity contribution in [2.45, 2.75) is 30.9 Å². The Hall–Kier alpha value is -0.690. The maximum Gasteiger partial charge on any atom is 0.0783 e. The van der Waals surface area contributed by atoms with E-state index in [2.05, 4.69) is 15.6 Å². The second-order valence-electron chi connectivity index (χ2n) is 5.41. The van der Waals surface area contributed by atoms with E-state index in [0.717, 1.165) is 30.8 Å². The summed E-state index contributed by atoms with van der Waals surface area (Å²) in [5.74, 6) is 8.61. The van der Waals surface area contributed by atoms with Crippen LogP contribution in [-0.2, 0) is 4.74 Å². The molecule has 19 heavy (non-hydrogen) atoms. The van der Waals surface area contributed by atoms with Crippen molar-refractivity contribution in [3.8, 4) is 0 Å². The van der Waals surface area contributed by atoms with Gasteiger partial charge in [-0.05, 0) is 42.6 Å². The zero-order chi connectivity index (χ0) is 13.1. The van der Waals surface area contributed by atoms with Gasteiger partial charge in [0, 0.05) is 18.6 Å². The van der Waals surface area contributed by atoms with Crippen molar-refractivity contribution in [1.29, 1.82) is 0 Å². The SMILES string of the molecule is NNC(c1ccnnc1)C1CCOC2(CCSC2)C1. The predicted octanol–water partition coefficient (Wildman–Crippen LogP) is 1.28. The van der Waals surface area contributed by atoms with Gasteiger partial charge in [0.15, 0.2) is 0 Å². The first-order valence-electron chi connectivity index (χ1n) is 6.77. The molecule has 0 amide bonds. The third-order valence-corrected chi connectivity index (χ3v) is 5.44. The van der Waals surface area contributed by atoms with Crippen molar-refractivity contribution in [2.75, 3.05) is 18.1 Å². The number of hydrazine groups is 1. The van der Waals surface area contributed by atoms with Gasteiger partial charge in [0.05, 0.1) is 17.8 Å². The van der Waals surface area contributed by atoms with Crippen LogP contribution >= 0.6 is 11.8 Å². The van der Waals surface area contributed by atoms with E-state index in [1.165, 1.54) is 12.2 Å². The first kappa shape index (κ1) is 13.3. The number of thioether (sulfide) groups is 1. The molecule has 3 rings (SSSR count). The summed E-state index contributed by atoms with van der Waals surface area (Å²) in [6.07, 6.45) is 6.82. The van der Waals surface area contributed by atoms with Crippen LogP contribution in [0, 0.1) is 5.92 Å². The molecule has 1 aromatic heterocycles. The summed E-state index contributed by atoms with van der Waals surface area (Å²) in [5.41, 5.74) is 4.17. The zero-order valence-corrected chi connectivity index (χ0v) is 11.7. The third-order valence-electron chi connectivity index (χ3n) is 4.22. The van der Waals surface area contributed by atoms with Crippen LogP contribution < -0.4 is 11.3 Å². The van der Waals surface area contributed by atoms with Gasteiger partial charge in [0.2, 0.25) is 0 Å². The molecule has 2 saturated heterocycles. The van der Waals surface area contributed by atoms with E-state index in [0.29, 0.717) is 5.92 Å². The number of nitrogens with two attached hydrogens (primary N) is 1. The van der Waals surface area contributed by atoms with E-state index in [9.17, 15) is 0 Å². The Morgan fingerprint density at radius 3 is 3.16 bits per heavy atom. The van der Waals surface area contributed by atoms with E-state index in [1.54, 1.807) is 12.4 Å². The van der Waals surface area contributed by atoms with Gasteiger partial charge < -0.3 is 4.74 Å². The molecule has 1 aromatic rings. The first-order valence-corrected chi connectivity index (χ1v) is 7.93. The number of rotatable bonds is 3. The molecule has 3 unspecified atom stereocenters. The van der Waals surface area contributed by atoms with Crippen molar-refractivity contribution < 1.29 is 4.74 Å². The molecule has 0 bridgehead atoms. The van der Waals surface area contributed by atoms with Gasteiger partial charge in [0.1, 0.15) is 0 Å². The molecule has 104 valence electrons. The molecule has 2 aliphatic heterocycles. The van der Waals surface area contributed by atoms with E-state index < -0.39 is 0 Å². The standard InChI is InChI=1S/C13H20N4OS/c14-17-12(11-1-4-15-16-8-11)10-2-5-18-13(7-10)3-6-19-9-13/h1,4,8,10,12,17H,2-3,5-7,9,14H2. The molecule has 2 fully saturated rings. The predicted molar refractivity (Wildman–Crippen MR) is 75.4 cm³/mol. The van der Waals surface area contributed by atoms with Crippen LogP contribution in [0.5, 0.6) is 0 Å². The van der Waals surface area contributed by atoms with Gasteiger partial charge in [-0.25, -0.2) is 0 Å². The highest BCUT2D eigenvalue weighted by Crippen LogP contribution is 2.43. The highest BCUT2D eigenvalue weighted by molar-refractivity contribution is 7.99. The van der Waals surface area contributed by atoms with Gasteiger partial charge in [-0.3, -0.25) is 11.3 Å². The van der Waals surface area contributed by atoms with Gasteiger partial charge >= 0.3 is 0 Å². The second-order valence-corrected chi connectivity index (χ2v) is 6.51. The van der Waals surface area contributed by atoms with Crippen LogP contribution in [0.15, 0.2) is 18.5 Å². The number of hydrogen-bond acceptors (Lipinski definition) is 6. The summed E-state index contributed by atoms with van der Waals surface area (Å²) in [6, 6.07) is 2.13.